The molecule has 3 nitrogen and oxygen atoms in total. The minimum atomic E-state index is -3.67. The molecule has 0 saturated carbocycles. The standard InChI is InChI=1S/C10H13F2O3P/c1-3-14-16(13,15-4-2)10-6-5-8(11)7-9(10)12/h5-7H,3-4H2,1-2H3. The summed E-state index contributed by atoms with van der Waals surface area (Å²) < 4.78 is 48.2. The van der Waals surface area contributed by atoms with E-state index in [9.17, 15) is 13.3 Å². The average Bonchev–Trinajstić information content (AvgIpc) is 2.17. The van der Waals surface area contributed by atoms with Gasteiger partial charge in [-0.25, -0.2) is 8.78 Å². The van der Waals surface area contributed by atoms with Gasteiger partial charge in [0, 0.05) is 6.07 Å². The Morgan fingerprint density at radius 1 is 1.19 bits per heavy atom. The lowest BCUT2D eigenvalue weighted by Gasteiger charge is -2.17. The van der Waals surface area contributed by atoms with Gasteiger partial charge >= 0.3 is 7.60 Å². The van der Waals surface area contributed by atoms with Gasteiger partial charge in [-0.05, 0) is 26.0 Å². The highest BCUT2D eigenvalue weighted by Gasteiger charge is 2.30. The van der Waals surface area contributed by atoms with Crippen molar-refractivity contribution in [3.05, 3.63) is 29.8 Å². The summed E-state index contributed by atoms with van der Waals surface area (Å²) in [5.41, 5.74) is 0. The van der Waals surface area contributed by atoms with Crippen LogP contribution in [-0.4, -0.2) is 13.2 Å². The lowest BCUT2D eigenvalue weighted by molar-refractivity contribution is 0.229. The van der Waals surface area contributed by atoms with Gasteiger partial charge in [0.2, 0.25) is 0 Å². The summed E-state index contributed by atoms with van der Waals surface area (Å²) in [4.78, 5) is 0. The monoisotopic (exact) mass is 250 g/mol. The fraction of sp³-hybridized carbons (Fsp3) is 0.400. The summed E-state index contributed by atoms with van der Waals surface area (Å²) in [7, 11) is -3.67. The molecule has 0 saturated heterocycles. The third-order valence-corrected chi connectivity index (χ3v) is 3.95. The molecule has 0 amide bonds. The third-order valence-electron chi connectivity index (χ3n) is 1.80. The molecule has 0 heterocycles. The van der Waals surface area contributed by atoms with Crippen LogP contribution < -0.4 is 5.30 Å². The molecule has 16 heavy (non-hydrogen) atoms. The molecule has 1 aromatic carbocycles. The zero-order valence-corrected chi connectivity index (χ0v) is 9.97. The number of rotatable bonds is 5. The van der Waals surface area contributed by atoms with Crippen molar-refractivity contribution in [2.75, 3.05) is 13.2 Å². The van der Waals surface area contributed by atoms with E-state index in [1.54, 1.807) is 13.8 Å². The van der Waals surface area contributed by atoms with Crippen molar-refractivity contribution in [1.82, 2.24) is 0 Å². The van der Waals surface area contributed by atoms with Crippen molar-refractivity contribution in [3.63, 3.8) is 0 Å². The van der Waals surface area contributed by atoms with Gasteiger partial charge < -0.3 is 9.05 Å². The van der Waals surface area contributed by atoms with Crippen molar-refractivity contribution < 1.29 is 22.4 Å². The van der Waals surface area contributed by atoms with Gasteiger partial charge in [-0.15, -0.1) is 0 Å². The first kappa shape index (κ1) is 13.3. The van der Waals surface area contributed by atoms with E-state index in [1.165, 1.54) is 0 Å². The SMILES string of the molecule is CCOP(=O)(OCC)c1ccc(F)cc1F. The van der Waals surface area contributed by atoms with Gasteiger partial charge in [0.15, 0.2) is 0 Å². The molecule has 6 heteroatoms. The first-order valence-electron chi connectivity index (χ1n) is 4.88. The zero-order valence-electron chi connectivity index (χ0n) is 9.07. The normalized spacial score (nSPS) is 11.8. The van der Waals surface area contributed by atoms with Crippen LogP contribution in [0.25, 0.3) is 0 Å². The predicted molar refractivity (Wildman–Crippen MR) is 56.9 cm³/mol. The molecule has 0 unspecified atom stereocenters. The lowest BCUT2D eigenvalue weighted by Crippen LogP contribution is -2.14. The van der Waals surface area contributed by atoms with Crippen LogP contribution in [0.4, 0.5) is 8.78 Å². The molecule has 0 aromatic heterocycles. The fourth-order valence-corrected chi connectivity index (χ4v) is 2.84. The van der Waals surface area contributed by atoms with Crippen molar-refractivity contribution in [2.24, 2.45) is 0 Å². The fourth-order valence-electron chi connectivity index (χ4n) is 1.22. The molecule has 0 fully saturated rings. The maximum atomic E-state index is 13.4. The van der Waals surface area contributed by atoms with Crippen LogP contribution >= 0.6 is 7.60 Å². The summed E-state index contributed by atoms with van der Waals surface area (Å²) in [6, 6.07) is 2.75. The average molecular weight is 250 g/mol. The topological polar surface area (TPSA) is 35.5 Å². The molecule has 0 N–H and O–H groups in total. The van der Waals surface area contributed by atoms with E-state index in [4.69, 9.17) is 9.05 Å². The third kappa shape index (κ3) is 2.88. The molecule has 90 valence electrons. The summed E-state index contributed by atoms with van der Waals surface area (Å²) in [5.74, 6) is -1.66. The Bertz CT molecular complexity index is 399. The first-order valence-corrected chi connectivity index (χ1v) is 6.42. The maximum Gasteiger partial charge on any atom is 0.364 e. The molecule has 0 atom stereocenters. The van der Waals surface area contributed by atoms with Crippen LogP contribution in [0.5, 0.6) is 0 Å². The Hall–Kier alpha value is -0.770. The van der Waals surface area contributed by atoms with Gasteiger partial charge in [0.1, 0.15) is 11.6 Å². The van der Waals surface area contributed by atoms with E-state index >= 15 is 0 Å². The van der Waals surface area contributed by atoms with E-state index in [0.29, 0.717) is 6.07 Å². The molecule has 0 aliphatic heterocycles. The van der Waals surface area contributed by atoms with Crippen LogP contribution in [0.1, 0.15) is 13.8 Å². The highest BCUT2D eigenvalue weighted by Crippen LogP contribution is 2.47. The first-order chi connectivity index (χ1) is 7.53. The molecule has 0 spiro atoms. The quantitative estimate of drug-likeness (QED) is 0.754. The number of benzene rings is 1. The summed E-state index contributed by atoms with van der Waals surface area (Å²) in [6.07, 6.45) is 0. The van der Waals surface area contributed by atoms with Crippen LogP contribution in [0, 0.1) is 11.6 Å². The predicted octanol–water partition coefficient (Wildman–Crippen LogP) is 2.86. The van der Waals surface area contributed by atoms with Gasteiger partial charge in [0.05, 0.1) is 18.5 Å². The maximum absolute atomic E-state index is 13.4. The Kier molecular flexibility index (Phi) is 4.59. The van der Waals surface area contributed by atoms with Gasteiger partial charge in [0.25, 0.3) is 0 Å². The minimum absolute atomic E-state index is 0.119. The second-order valence-electron chi connectivity index (χ2n) is 2.93. The van der Waals surface area contributed by atoms with Crippen LogP contribution in [0.3, 0.4) is 0 Å². The Morgan fingerprint density at radius 2 is 1.75 bits per heavy atom. The van der Waals surface area contributed by atoms with E-state index in [-0.39, 0.29) is 18.5 Å². The number of halogens is 2. The molecule has 1 rings (SSSR count). The zero-order chi connectivity index (χ0) is 12.2. The largest absolute Gasteiger partial charge is 0.364 e. The molecule has 0 aliphatic carbocycles. The number of hydrogen-bond acceptors (Lipinski definition) is 3. The Morgan fingerprint density at radius 3 is 2.19 bits per heavy atom. The summed E-state index contributed by atoms with van der Waals surface area (Å²) >= 11 is 0. The second-order valence-corrected chi connectivity index (χ2v) is 4.92. The van der Waals surface area contributed by atoms with E-state index in [2.05, 4.69) is 0 Å². The van der Waals surface area contributed by atoms with Crippen LogP contribution in [0.2, 0.25) is 0 Å². The van der Waals surface area contributed by atoms with Crippen molar-refractivity contribution >= 4 is 12.9 Å². The van der Waals surface area contributed by atoms with Crippen LogP contribution in [0.15, 0.2) is 18.2 Å². The molecular weight excluding hydrogens is 237 g/mol. The minimum Gasteiger partial charge on any atom is -0.305 e. The van der Waals surface area contributed by atoms with E-state index in [1.807, 2.05) is 0 Å². The van der Waals surface area contributed by atoms with Crippen molar-refractivity contribution in [2.45, 2.75) is 13.8 Å². The highest BCUT2D eigenvalue weighted by atomic mass is 31.2. The molecule has 1 aromatic rings. The van der Waals surface area contributed by atoms with Crippen molar-refractivity contribution in [3.8, 4) is 0 Å². The second kappa shape index (κ2) is 5.53. The van der Waals surface area contributed by atoms with E-state index in [0.717, 1.165) is 12.1 Å². The molecule has 0 aliphatic rings. The highest BCUT2D eigenvalue weighted by molar-refractivity contribution is 7.62. The van der Waals surface area contributed by atoms with Gasteiger partial charge in [-0.2, -0.15) is 0 Å². The van der Waals surface area contributed by atoms with Gasteiger partial charge in [-0.1, -0.05) is 0 Å². The number of hydrogen-bond donors (Lipinski definition) is 0. The summed E-state index contributed by atoms with van der Waals surface area (Å²) in [6.45, 7) is 3.47. The Labute approximate surface area is 92.9 Å². The molecule has 0 radical (unpaired) electrons. The van der Waals surface area contributed by atoms with E-state index < -0.39 is 19.2 Å². The Balaban J connectivity index is 3.15. The molecular formula is C10H13F2O3P. The molecule has 0 bridgehead atoms. The summed E-state index contributed by atoms with van der Waals surface area (Å²) in [5, 5.41) is -0.238. The van der Waals surface area contributed by atoms with Crippen molar-refractivity contribution in [1.29, 1.82) is 0 Å². The lowest BCUT2D eigenvalue weighted by atomic mass is 10.3. The van der Waals surface area contributed by atoms with Crippen LogP contribution in [-0.2, 0) is 13.6 Å². The smallest absolute Gasteiger partial charge is 0.305 e. The van der Waals surface area contributed by atoms with Gasteiger partial charge in [-0.3, -0.25) is 4.57 Å².